The van der Waals surface area contributed by atoms with Gasteiger partial charge in [0.05, 0.1) is 11.1 Å². The molecule has 1 aromatic carbocycles. The number of carbonyl (C=O) groups is 1. The summed E-state index contributed by atoms with van der Waals surface area (Å²) in [6.07, 6.45) is 6.27. The van der Waals surface area contributed by atoms with E-state index in [9.17, 15) is 14.7 Å². The lowest BCUT2D eigenvalue weighted by molar-refractivity contribution is 0.0628. The molecule has 0 fully saturated rings. The molecule has 1 aliphatic heterocycles. The third kappa shape index (κ3) is 3.07. The Balaban J connectivity index is 1.73. The number of fused-ring (bicyclic) bond motifs is 2. The van der Waals surface area contributed by atoms with Gasteiger partial charge in [0, 0.05) is 41.6 Å². The third-order valence-electron chi connectivity index (χ3n) is 5.68. The van der Waals surface area contributed by atoms with E-state index in [0.29, 0.717) is 16.2 Å². The molecule has 3 aromatic heterocycles. The Morgan fingerprint density at radius 1 is 1.06 bits per heavy atom. The molecule has 4 aromatic rings. The van der Waals surface area contributed by atoms with Gasteiger partial charge in [-0.2, -0.15) is 0 Å². The highest BCUT2D eigenvalue weighted by atomic mass is 35.5. The number of benzene rings is 1. The lowest BCUT2D eigenvalue weighted by atomic mass is 10.1. The number of rotatable bonds is 3. The van der Waals surface area contributed by atoms with Crippen LogP contribution in [0.3, 0.4) is 0 Å². The van der Waals surface area contributed by atoms with Gasteiger partial charge in [-0.3, -0.25) is 14.6 Å². The molecule has 0 bridgehead atoms. The Bertz CT molecular complexity index is 1410. The summed E-state index contributed by atoms with van der Waals surface area (Å²) in [5.41, 5.74) is 0.164. The number of carbonyl (C=O) groups excluding carboxylic acids is 1. The van der Waals surface area contributed by atoms with Crippen molar-refractivity contribution in [1.29, 1.82) is 0 Å². The summed E-state index contributed by atoms with van der Waals surface area (Å²) in [6.45, 7) is 2.02. The highest BCUT2D eigenvalue weighted by Gasteiger charge is 2.36. The summed E-state index contributed by atoms with van der Waals surface area (Å²) in [7, 11) is 0. The molecule has 32 heavy (non-hydrogen) atoms. The number of anilines is 1. The first-order valence-electron chi connectivity index (χ1n) is 9.94. The van der Waals surface area contributed by atoms with E-state index >= 15 is 0 Å². The molecule has 0 spiro atoms. The van der Waals surface area contributed by atoms with Gasteiger partial charge >= 0.3 is 0 Å². The van der Waals surface area contributed by atoms with Crippen LogP contribution < -0.4 is 10.4 Å². The van der Waals surface area contributed by atoms with Gasteiger partial charge in [0.15, 0.2) is 17.3 Å². The first kappa shape index (κ1) is 20.0. The summed E-state index contributed by atoms with van der Waals surface area (Å²) in [5.74, 6) is -0.576. The second kappa shape index (κ2) is 7.65. The fourth-order valence-corrected chi connectivity index (χ4v) is 4.17. The van der Waals surface area contributed by atoms with Crippen molar-refractivity contribution >= 4 is 34.1 Å². The predicted octanol–water partition coefficient (Wildman–Crippen LogP) is 3.59. The van der Waals surface area contributed by atoms with Crippen molar-refractivity contribution in [2.75, 3.05) is 11.7 Å². The molecule has 4 heterocycles. The monoisotopic (exact) mass is 447 g/mol. The zero-order valence-corrected chi connectivity index (χ0v) is 17.8. The zero-order valence-electron chi connectivity index (χ0n) is 17.0. The molecule has 0 radical (unpaired) electrons. The Hall–Kier alpha value is -3.91. The molecule has 1 atom stereocenters. The molecule has 0 saturated heterocycles. The molecular weight excluding hydrogens is 430 g/mol. The molecular formula is C23H18ClN5O3. The average Bonchev–Trinajstić information content (AvgIpc) is 2.82. The number of aromatic nitrogens is 3. The minimum absolute atomic E-state index is 0.125. The molecule has 0 unspecified atom stereocenters. The van der Waals surface area contributed by atoms with Crippen molar-refractivity contribution in [1.82, 2.24) is 19.5 Å². The van der Waals surface area contributed by atoms with Gasteiger partial charge < -0.3 is 10.0 Å². The number of halogens is 1. The van der Waals surface area contributed by atoms with Crippen molar-refractivity contribution in [3.8, 4) is 5.75 Å². The fourth-order valence-electron chi connectivity index (χ4n) is 3.95. The topological polar surface area (TPSA) is 91.6 Å². The van der Waals surface area contributed by atoms with Gasteiger partial charge in [0.1, 0.15) is 6.67 Å². The molecule has 1 amide bonds. The number of hydrogen-bond acceptors (Lipinski definition) is 6. The lowest BCUT2D eigenvalue weighted by Crippen LogP contribution is -2.52. The Morgan fingerprint density at radius 3 is 2.62 bits per heavy atom. The van der Waals surface area contributed by atoms with Crippen LogP contribution in [-0.4, -0.2) is 37.2 Å². The van der Waals surface area contributed by atoms with Crippen LogP contribution in [0.5, 0.6) is 5.75 Å². The van der Waals surface area contributed by atoms with Crippen LogP contribution in [0.1, 0.15) is 29.0 Å². The maximum atomic E-state index is 13.4. The molecule has 1 N–H and O–H groups in total. The van der Waals surface area contributed by atoms with E-state index in [2.05, 4.69) is 9.97 Å². The summed E-state index contributed by atoms with van der Waals surface area (Å²) in [5, 5.41) is 14.2. The van der Waals surface area contributed by atoms with Crippen LogP contribution in [0.2, 0.25) is 5.02 Å². The van der Waals surface area contributed by atoms with Gasteiger partial charge in [-0.1, -0.05) is 41.9 Å². The normalized spacial score (nSPS) is 14.5. The summed E-state index contributed by atoms with van der Waals surface area (Å²) in [4.78, 5) is 35.9. The minimum atomic E-state index is -0.630. The van der Waals surface area contributed by atoms with E-state index in [4.69, 9.17) is 11.6 Å². The van der Waals surface area contributed by atoms with Crippen molar-refractivity contribution in [2.45, 2.75) is 13.0 Å². The quantitative estimate of drug-likeness (QED) is 0.516. The Labute approximate surface area is 187 Å². The number of amides is 1. The molecule has 5 rings (SSSR count). The van der Waals surface area contributed by atoms with Gasteiger partial charge in [0.2, 0.25) is 5.43 Å². The zero-order chi connectivity index (χ0) is 22.4. The van der Waals surface area contributed by atoms with Crippen molar-refractivity contribution < 1.29 is 9.90 Å². The van der Waals surface area contributed by atoms with E-state index in [1.165, 1.54) is 23.1 Å². The number of aromatic hydroxyl groups is 1. The molecule has 1 aliphatic rings. The summed E-state index contributed by atoms with van der Waals surface area (Å²) >= 11 is 6.34. The number of nitrogens with zero attached hydrogens (tertiary/aromatic N) is 5. The van der Waals surface area contributed by atoms with Gasteiger partial charge in [0.25, 0.3) is 5.91 Å². The third-order valence-corrected chi connectivity index (χ3v) is 5.98. The first-order valence-corrected chi connectivity index (χ1v) is 10.3. The molecule has 8 nitrogen and oxygen atoms in total. The van der Waals surface area contributed by atoms with Crippen molar-refractivity contribution in [2.24, 2.45) is 0 Å². The lowest BCUT2D eigenvalue weighted by Gasteiger charge is -2.41. The van der Waals surface area contributed by atoms with E-state index in [1.54, 1.807) is 28.4 Å². The molecule has 0 saturated carbocycles. The molecule has 0 aliphatic carbocycles. The van der Waals surface area contributed by atoms with Gasteiger partial charge in [-0.05, 0) is 18.6 Å². The number of pyridine rings is 3. The van der Waals surface area contributed by atoms with Crippen molar-refractivity contribution in [3.63, 3.8) is 0 Å². The summed E-state index contributed by atoms with van der Waals surface area (Å²) in [6, 6.07) is 12.2. The van der Waals surface area contributed by atoms with E-state index < -0.39 is 17.1 Å². The predicted molar refractivity (Wildman–Crippen MR) is 121 cm³/mol. The SMILES string of the molecule is C[C@@H](c1ccccc1)N1CN(c2ncc(Cl)c3ccncc23)n2ccc(=O)c(O)c2C1=O. The maximum Gasteiger partial charge on any atom is 0.278 e. The largest absolute Gasteiger partial charge is 0.502 e. The van der Waals surface area contributed by atoms with Crippen molar-refractivity contribution in [3.05, 3.63) is 93.8 Å². The van der Waals surface area contributed by atoms with Crippen LogP contribution in [0.25, 0.3) is 10.8 Å². The molecule has 160 valence electrons. The van der Waals surface area contributed by atoms with E-state index in [0.717, 1.165) is 10.9 Å². The first-order chi connectivity index (χ1) is 15.5. The van der Waals surface area contributed by atoms with Crippen LogP contribution in [0, 0.1) is 0 Å². The van der Waals surface area contributed by atoms with E-state index in [1.807, 2.05) is 37.3 Å². The second-order valence-corrected chi connectivity index (χ2v) is 7.88. The standard InChI is InChI=1S/C23H18ClN5O3/c1-14(15-5-3-2-4-6-15)27-13-29(28-10-8-19(30)21(31)20(28)23(27)32)22-17-11-25-9-7-16(17)18(24)12-26-22/h2-12,14,31H,13H2,1H3/t14-/m0/s1. The van der Waals surface area contributed by atoms with Gasteiger partial charge in [-0.25, -0.2) is 14.7 Å². The van der Waals surface area contributed by atoms with Crippen LogP contribution in [-0.2, 0) is 0 Å². The average molecular weight is 448 g/mol. The number of hydrogen-bond donors (Lipinski definition) is 1. The Morgan fingerprint density at radius 2 is 1.84 bits per heavy atom. The van der Waals surface area contributed by atoms with Crippen LogP contribution >= 0.6 is 11.6 Å². The van der Waals surface area contributed by atoms with Crippen LogP contribution in [0.4, 0.5) is 5.82 Å². The highest BCUT2D eigenvalue weighted by Crippen LogP contribution is 2.34. The second-order valence-electron chi connectivity index (χ2n) is 7.48. The molecule has 9 heteroatoms. The van der Waals surface area contributed by atoms with E-state index in [-0.39, 0.29) is 18.4 Å². The van der Waals surface area contributed by atoms with Crippen LogP contribution in [0.15, 0.2) is 72.0 Å². The van der Waals surface area contributed by atoms with Gasteiger partial charge in [-0.15, -0.1) is 0 Å². The summed E-state index contributed by atoms with van der Waals surface area (Å²) < 4.78 is 1.45. The maximum absolute atomic E-state index is 13.4. The fraction of sp³-hybridized carbons (Fsp3) is 0.130. The highest BCUT2D eigenvalue weighted by molar-refractivity contribution is 6.35. The Kier molecular flexibility index (Phi) is 4.79. The minimum Gasteiger partial charge on any atom is -0.502 e. The smallest absolute Gasteiger partial charge is 0.278 e.